The van der Waals surface area contributed by atoms with Gasteiger partial charge < -0.3 is 23.9 Å². The first kappa shape index (κ1) is 25.5. The van der Waals surface area contributed by atoms with Crippen molar-refractivity contribution >= 4 is 22.6 Å². The molecular weight excluding hydrogens is 484 g/mol. The topological polar surface area (TPSA) is 90.2 Å². The van der Waals surface area contributed by atoms with Gasteiger partial charge in [0.1, 0.15) is 17.1 Å². The van der Waals surface area contributed by atoms with Crippen LogP contribution >= 0.6 is 0 Å². The van der Waals surface area contributed by atoms with Crippen LogP contribution in [0.25, 0.3) is 22.1 Å². The van der Waals surface area contributed by atoms with Crippen molar-refractivity contribution in [1.29, 1.82) is 0 Å². The van der Waals surface area contributed by atoms with Crippen molar-refractivity contribution in [2.24, 2.45) is 0 Å². The fourth-order valence-electron chi connectivity index (χ4n) is 4.44. The number of hydrogen-bond donors (Lipinski definition) is 1. The van der Waals surface area contributed by atoms with Crippen molar-refractivity contribution in [1.82, 2.24) is 4.90 Å². The van der Waals surface area contributed by atoms with E-state index in [9.17, 15) is 9.59 Å². The highest BCUT2D eigenvalue weighted by molar-refractivity contribution is 5.95. The quantitative estimate of drug-likeness (QED) is 0.341. The maximum Gasteiger partial charge on any atom is 0.336 e. The van der Waals surface area contributed by atoms with E-state index in [2.05, 4.69) is 10.2 Å². The van der Waals surface area contributed by atoms with Gasteiger partial charge in [-0.15, -0.1) is 0 Å². The Labute approximate surface area is 220 Å². The van der Waals surface area contributed by atoms with Gasteiger partial charge in [-0.1, -0.05) is 24.3 Å². The van der Waals surface area contributed by atoms with Crippen LogP contribution in [0.3, 0.4) is 0 Å². The molecule has 1 atom stereocenters. The third-order valence-electron chi connectivity index (χ3n) is 6.53. The van der Waals surface area contributed by atoms with Gasteiger partial charge in [-0.2, -0.15) is 0 Å². The highest BCUT2D eigenvalue weighted by Crippen LogP contribution is 2.31. The van der Waals surface area contributed by atoms with E-state index in [-0.39, 0.29) is 5.91 Å². The predicted octanol–water partition coefficient (Wildman–Crippen LogP) is 4.71. The molecule has 1 saturated heterocycles. The van der Waals surface area contributed by atoms with E-state index in [1.54, 1.807) is 26.2 Å². The second-order valence-corrected chi connectivity index (χ2v) is 9.20. The molecule has 0 spiro atoms. The summed E-state index contributed by atoms with van der Waals surface area (Å²) in [5.41, 5.74) is 3.40. The molecule has 196 valence electrons. The average molecular weight is 515 g/mol. The van der Waals surface area contributed by atoms with Crippen LogP contribution in [0.4, 0.5) is 5.69 Å². The Kier molecular flexibility index (Phi) is 7.72. The molecule has 1 aliphatic rings. The van der Waals surface area contributed by atoms with Gasteiger partial charge in [0, 0.05) is 42.8 Å². The van der Waals surface area contributed by atoms with Crippen LogP contribution in [0.2, 0.25) is 0 Å². The van der Waals surface area contributed by atoms with Crippen LogP contribution in [0.5, 0.6) is 11.5 Å². The molecule has 0 saturated carbocycles. The van der Waals surface area contributed by atoms with E-state index < -0.39 is 11.7 Å². The molecule has 0 radical (unpaired) electrons. The molecule has 4 aromatic rings. The number of amides is 1. The molecule has 1 amide bonds. The lowest BCUT2D eigenvalue weighted by Crippen LogP contribution is -2.35. The molecule has 5 rings (SSSR count). The number of nitrogens with one attached hydrogen (secondary N) is 1. The number of carbonyl (C=O) groups is 1. The summed E-state index contributed by atoms with van der Waals surface area (Å²) in [7, 11) is 1.60. The molecule has 8 nitrogen and oxygen atoms in total. The van der Waals surface area contributed by atoms with E-state index in [4.69, 9.17) is 18.6 Å². The zero-order valence-electron chi connectivity index (χ0n) is 21.4. The first-order valence-electron chi connectivity index (χ1n) is 12.6. The standard InChI is InChI=1S/C30H30N2O6/c1-20(30(34)31-23-7-3-21(4-8-23)19-32-13-15-36-16-14-32)37-25-11-12-26-27(18-29(33)38-28(26)17-25)22-5-9-24(35-2)10-6-22/h3-12,17-18,20H,13-16,19H2,1-2H3,(H,31,34)/t20-/m0/s1. The van der Waals surface area contributed by atoms with Crippen molar-refractivity contribution in [3.63, 3.8) is 0 Å². The SMILES string of the molecule is COc1ccc(-c2cc(=O)oc3cc(O[C@@H](C)C(=O)Nc4ccc(CN5CCOCC5)cc4)ccc23)cc1. The lowest BCUT2D eigenvalue weighted by molar-refractivity contribution is -0.122. The van der Waals surface area contributed by atoms with Gasteiger partial charge in [0.25, 0.3) is 5.91 Å². The van der Waals surface area contributed by atoms with Gasteiger partial charge in [0.15, 0.2) is 6.10 Å². The number of carbonyl (C=O) groups excluding carboxylic acids is 1. The molecule has 0 bridgehead atoms. The van der Waals surface area contributed by atoms with Crippen molar-refractivity contribution in [3.8, 4) is 22.6 Å². The molecule has 1 N–H and O–H groups in total. The number of nitrogens with zero attached hydrogens (tertiary/aromatic N) is 1. The molecule has 38 heavy (non-hydrogen) atoms. The Balaban J connectivity index is 1.25. The Morgan fingerprint density at radius 2 is 1.68 bits per heavy atom. The smallest absolute Gasteiger partial charge is 0.336 e. The van der Waals surface area contributed by atoms with Crippen molar-refractivity contribution in [2.75, 3.05) is 38.7 Å². The largest absolute Gasteiger partial charge is 0.497 e. The molecule has 1 aliphatic heterocycles. The predicted molar refractivity (Wildman–Crippen MR) is 146 cm³/mol. The fraction of sp³-hybridized carbons (Fsp3) is 0.267. The third kappa shape index (κ3) is 6.04. The Morgan fingerprint density at radius 1 is 0.974 bits per heavy atom. The summed E-state index contributed by atoms with van der Waals surface area (Å²) in [6, 6.07) is 22.0. The summed E-state index contributed by atoms with van der Waals surface area (Å²) in [6.07, 6.45) is -0.767. The molecule has 3 aromatic carbocycles. The van der Waals surface area contributed by atoms with Crippen LogP contribution < -0.4 is 20.4 Å². The van der Waals surface area contributed by atoms with Crippen LogP contribution in [0.1, 0.15) is 12.5 Å². The Hall–Kier alpha value is -4.14. The highest BCUT2D eigenvalue weighted by atomic mass is 16.5. The molecule has 1 aromatic heterocycles. The van der Waals surface area contributed by atoms with Gasteiger partial charge in [-0.25, -0.2) is 4.79 Å². The second-order valence-electron chi connectivity index (χ2n) is 9.20. The van der Waals surface area contributed by atoms with Gasteiger partial charge in [-0.3, -0.25) is 9.69 Å². The molecule has 8 heteroatoms. The second kappa shape index (κ2) is 11.5. The van der Waals surface area contributed by atoms with E-state index in [0.29, 0.717) is 17.0 Å². The number of benzene rings is 3. The van der Waals surface area contributed by atoms with Gasteiger partial charge in [0.05, 0.1) is 20.3 Å². The first-order valence-corrected chi connectivity index (χ1v) is 12.6. The molecule has 0 aliphatic carbocycles. The average Bonchev–Trinajstić information content (AvgIpc) is 2.94. The third-order valence-corrected chi connectivity index (χ3v) is 6.53. The normalized spacial score (nSPS) is 14.7. The van der Waals surface area contributed by atoms with Crippen LogP contribution in [0.15, 0.2) is 82.0 Å². The summed E-state index contributed by atoms with van der Waals surface area (Å²) in [4.78, 5) is 27.4. The molecular formula is C30H30N2O6. The summed E-state index contributed by atoms with van der Waals surface area (Å²) in [5, 5.41) is 3.66. The van der Waals surface area contributed by atoms with Gasteiger partial charge in [-0.05, 0) is 60.0 Å². The summed E-state index contributed by atoms with van der Waals surface area (Å²) in [5.74, 6) is 0.878. The number of ether oxygens (including phenoxy) is 3. The lowest BCUT2D eigenvalue weighted by Gasteiger charge is -2.26. The van der Waals surface area contributed by atoms with Crippen molar-refractivity contribution < 1.29 is 23.4 Å². The number of rotatable bonds is 8. The minimum Gasteiger partial charge on any atom is -0.497 e. The zero-order valence-corrected chi connectivity index (χ0v) is 21.4. The zero-order chi connectivity index (χ0) is 26.5. The molecule has 0 unspecified atom stereocenters. The highest BCUT2D eigenvalue weighted by Gasteiger charge is 2.17. The van der Waals surface area contributed by atoms with Gasteiger partial charge in [0.2, 0.25) is 0 Å². The van der Waals surface area contributed by atoms with Crippen LogP contribution in [-0.4, -0.2) is 50.3 Å². The summed E-state index contributed by atoms with van der Waals surface area (Å²) >= 11 is 0. The van der Waals surface area contributed by atoms with Crippen molar-refractivity contribution in [2.45, 2.75) is 19.6 Å². The molecule has 1 fully saturated rings. The molecule has 2 heterocycles. The van der Waals surface area contributed by atoms with E-state index in [1.165, 1.54) is 11.6 Å². The van der Waals surface area contributed by atoms with Crippen LogP contribution in [0, 0.1) is 0 Å². The Morgan fingerprint density at radius 3 is 2.39 bits per heavy atom. The maximum absolute atomic E-state index is 12.8. The monoisotopic (exact) mass is 514 g/mol. The van der Waals surface area contributed by atoms with Gasteiger partial charge >= 0.3 is 5.63 Å². The lowest BCUT2D eigenvalue weighted by atomic mass is 10.0. The number of morpholine rings is 1. The number of fused-ring (bicyclic) bond motifs is 1. The maximum atomic E-state index is 12.8. The van der Waals surface area contributed by atoms with E-state index in [0.717, 1.165) is 55.1 Å². The number of anilines is 1. The minimum atomic E-state index is -0.767. The summed E-state index contributed by atoms with van der Waals surface area (Å²) in [6.45, 7) is 5.91. The summed E-state index contributed by atoms with van der Waals surface area (Å²) < 4.78 is 22.0. The number of hydrogen-bond acceptors (Lipinski definition) is 7. The van der Waals surface area contributed by atoms with Crippen LogP contribution in [-0.2, 0) is 16.1 Å². The Bertz CT molecular complexity index is 1460. The number of methoxy groups -OCH3 is 1. The van der Waals surface area contributed by atoms with E-state index >= 15 is 0 Å². The first-order chi connectivity index (χ1) is 18.5. The fourth-order valence-corrected chi connectivity index (χ4v) is 4.44. The van der Waals surface area contributed by atoms with E-state index in [1.807, 2.05) is 54.6 Å². The van der Waals surface area contributed by atoms with Crippen molar-refractivity contribution in [3.05, 3.63) is 88.8 Å². The minimum absolute atomic E-state index is 0.278.